The summed E-state index contributed by atoms with van der Waals surface area (Å²) in [5.41, 5.74) is 5.68. The summed E-state index contributed by atoms with van der Waals surface area (Å²) < 4.78 is 1.68. The van der Waals surface area contributed by atoms with Crippen LogP contribution in [0.1, 0.15) is 16.1 Å². The van der Waals surface area contributed by atoms with E-state index in [2.05, 4.69) is 15.4 Å². The van der Waals surface area contributed by atoms with E-state index in [4.69, 9.17) is 0 Å². The lowest BCUT2D eigenvalue weighted by Crippen LogP contribution is -2.22. The van der Waals surface area contributed by atoms with E-state index in [1.54, 1.807) is 17.8 Å². The molecule has 18 heavy (non-hydrogen) atoms. The SMILES string of the molecule is CONC(=O)c1cc(-c2ccc(C)cc2)n(C)n1. The van der Waals surface area contributed by atoms with Gasteiger partial charge in [-0.15, -0.1) is 0 Å². The van der Waals surface area contributed by atoms with Gasteiger partial charge < -0.3 is 0 Å². The average molecular weight is 245 g/mol. The van der Waals surface area contributed by atoms with Gasteiger partial charge in [0.25, 0.3) is 5.91 Å². The number of hydrogen-bond donors (Lipinski definition) is 1. The van der Waals surface area contributed by atoms with Crippen molar-refractivity contribution in [3.63, 3.8) is 0 Å². The lowest BCUT2D eigenvalue weighted by Gasteiger charge is -2.01. The van der Waals surface area contributed by atoms with E-state index in [-0.39, 0.29) is 5.91 Å². The van der Waals surface area contributed by atoms with Crippen molar-refractivity contribution in [2.75, 3.05) is 7.11 Å². The average Bonchev–Trinajstić information content (AvgIpc) is 2.73. The van der Waals surface area contributed by atoms with E-state index < -0.39 is 0 Å². The number of hydrogen-bond acceptors (Lipinski definition) is 3. The number of carbonyl (C=O) groups is 1. The zero-order chi connectivity index (χ0) is 13.1. The van der Waals surface area contributed by atoms with Crippen LogP contribution in [0.15, 0.2) is 30.3 Å². The standard InChI is InChI=1S/C13H15N3O2/c1-9-4-6-10(7-5-9)12-8-11(14-16(12)2)13(17)15-18-3/h4-8H,1-3H3,(H,15,17). The molecule has 5 nitrogen and oxygen atoms in total. The summed E-state index contributed by atoms with van der Waals surface area (Å²) in [5.74, 6) is -0.355. The zero-order valence-corrected chi connectivity index (χ0v) is 10.6. The summed E-state index contributed by atoms with van der Waals surface area (Å²) in [6.07, 6.45) is 0. The third-order valence-corrected chi connectivity index (χ3v) is 2.65. The van der Waals surface area contributed by atoms with Gasteiger partial charge in [0.15, 0.2) is 5.69 Å². The van der Waals surface area contributed by atoms with Gasteiger partial charge in [-0.25, -0.2) is 5.48 Å². The number of benzene rings is 1. The molecule has 0 aliphatic carbocycles. The van der Waals surface area contributed by atoms with Crippen LogP contribution in [-0.4, -0.2) is 22.8 Å². The molecule has 0 bridgehead atoms. The van der Waals surface area contributed by atoms with Crippen LogP contribution < -0.4 is 5.48 Å². The minimum atomic E-state index is -0.355. The van der Waals surface area contributed by atoms with Gasteiger partial charge in [0.05, 0.1) is 12.8 Å². The molecule has 0 aliphatic heterocycles. The summed E-state index contributed by atoms with van der Waals surface area (Å²) in [7, 11) is 3.19. The van der Waals surface area contributed by atoms with Gasteiger partial charge in [-0.3, -0.25) is 14.3 Å². The fourth-order valence-electron chi connectivity index (χ4n) is 1.72. The first kappa shape index (κ1) is 12.3. The van der Waals surface area contributed by atoms with Crippen LogP contribution in [0.2, 0.25) is 0 Å². The Morgan fingerprint density at radius 1 is 1.33 bits per heavy atom. The number of aryl methyl sites for hydroxylation is 2. The maximum Gasteiger partial charge on any atom is 0.295 e. The molecule has 1 N–H and O–H groups in total. The van der Waals surface area contributed by atoms with Crippen molar-refractivity contribution in [1.82, 2.24) is 15.3 Å². The number of nitrogens with one attached hydrogen (secondary N) is 1. The topological polar surface area (TPSA) is 56.1 Å². The van der Waals surface area contributed by atoms with Crippen LogP contribution in [0.5, 0.6) is 0 Å². The van der Waals surface area contributed by atoms with Crippen LogP contribution in [0, 0.1) is 6.92 Å². The van der Waals surface area contributed by atoms with Gasteiger partial charge in [0.2, 0.25) is 0 Å². The minimum absolute atomic E-state index is 0.329. The maximum absolute atomic E-state index is 11.6. The Bertz CT molecular complexity index is 558. The van der Waals surface area contributed by atoms with Gasteiger partial charge in [-0.1, -0.05) is 29.8 Å². The summed E-state index contributed by atoms with van der Waals surface area (Å²) in [5, 5.41) is 4.15. The Morgan fingerprint density at radius 3 is 2.61 bits per heavy atom. The second kappa shape index (κ2) is 5.01. The smallest absolute Gasteiger partial charge is 0.277 e. The quantitative estimate of drug-likeness (QED) is 0.837. The van der Waals surface area contributed by atoms with Gasteiger partial charge in [0.1, 0.15) is 0 Å². The molecule has 1 heterocycles. The lowest BCUT2D eigenvalue weighted by molar-refractivity contribution is 0.0531. The van der Waals surface area contributed by atoms with Crippen LogP contribution in [0.4, 0.5) is 0 Å². The monoisotopic (exact) mass is 245 g/mol. The summed E-state index contributed by atoms with van der Waals surface area (Å²) in [6.45, 7) is 2.03. The highest BCUT2D eigenvalue weighted by Gasteiger charge is 2.13. The molecule has 0 saturated heterocycles. The molecule has 0 atom stereocenters. The number of rotatable bonds is 3. The second-order valence-corrected chi connectivity index (χ2v) is 4.04. The third kappa shape index (κ3) is 2.41. The first-order chi connectivity index (χ1) is 8.61. The molecule has 0 saturated carbocycles. The highest BCUT2D eigenvalue weighted by Crippen LogP contribution is 2.20. The molecule has 0 unspecified atom stereocenters. The van der Waals surface area contributed by atoms with Crippen LogP contribution in [0.25, 0.3) is 11.3 Å². The number of hydroxylamine groups is 1. The van der Waals surface area contributed by atoms with Crippen molar-refractivity contribution in [3.05, 3.63) is 41.6 Å². The maximum atomic E-state index is 11.6. The molecular weight excluding hydrogens is 230 g/mol. The molecule has 0 spiro atoms. The van der Waals surface area contributed by atoms with Crippen molar-refractivity contribution >= 4 is 5.91 Å². The van der Waals surface area contributed by atoms with Crippen LogP contribution in [0.3, 0.4) is 0 Å². The number of aromatic nitrogens is 2. The zero-order valence-electron chi connectivity index (χ0n) is 10.6. The van der Waals surface area contributed by atoms with Crippen molar-refractivity contribution < 1.29 is 9.63 Å². The van der Waals surface area contributed by atoms with E-state index in [0.29, 0.717) is 5.69 Å². The van der Waals surface area contributed by atoms with Crippen molar-refractivity contribution in [2.24, 2.45) is 7.05 Å². The van der Waals surface area contributed by atoms with E-state index in [9.17, 15) is 4.79 Å². The summed E-state index contributed by atoms with van der Waals surface area (Å²) in [6, 6.07) is 9.79. The molecule has 94 valence electrons. The van der Waals surface area contributed by atoms with Gasteiger partial charge in [0, 0.05) is 7.05 Å². The largest absolute Gasteiger partial charge is 0.295 e. The molecular formula is C13H15N3O2. The Labute approximate surface area is 105 Å². The highest BCUT2D eigenvalue weighted by atomic mass is 16.6. The van der Waals surface area contributed by atoms with Crippen molar-refractivity contribution in [3.8, 4) is 11.3 Å². The van der Waals surface area contributed by atoms with E-state index >= 15 is 0 Å². The first-order valence-electron chi connectivity index (χ1n) is 5.56. The molecule has 1 aromatic carbocycles. The molecule has 5 heteroatoms. The Morgan fingerprint density at radius 2 is 2.00 bits per heavy atom. The molecule has 0 aliphatic rings. The van der Waals surface area contributed by atoms with E-state index in [0.717, 1.165) is 11.3 Å². The predicted octanol–water partition coefficient (Wildman–Crippen LogP) is 1.69. The molecule has 0 radical (unpaired) electrons. The minimum Gasteiger partial charge on any atom is -0.277 e. The second-order valence-electron chi connectivity index (χ2n) is 4.04. The lowest BCUT2D eigenvalue weighted by atomic mass is 10.1. The number of nitrogens with zero attached hydrogens (tertiary/aromatic N) is 2. The van der Waals surface area contributed by atoms with Crippen LogP contribution in [-0.2, 0) is 11.9 Å². The molecule has 1 amide bonds. The number of carbonyl (C=O) groups excluding carboxylic acids is 1. The Balaban J connectivity index is 2.34. The van der Waals surface area contributed by atoms with E-state index in [1.807, 2.05) is 31.2 Å². The normalized spacial score (nSPS) is 10.4. The van der Waals surface area contributed by atoms with Gasteiger partial charge in [-0.2, -0.15) is 5.10 Å². The van der Waals surface area contributed by atoms with Crippen molar-refractivity contribution in [1.29, 1.82) is 0 Å². The third-order valence-electron chi connectivity index (χ3n) is 2.65. The number of amides is 1. The summed E-state index contributed by atoms with van der Waals surface area (Å²) in [4.78, 5) is 16.2. The van der Waals surface area contributed by atoms with E-state index in [1.165, 1.54) is 12.7 Å². The van der Waals surface area contributed by atoms with Gasteiger partial charge >= 0.3 is 0 Å². The fourth-order valence-corrected chi connectivity index (χ4v) is 1.72. The fraction of sp³-hybridized carbons (Fsp3) is 0.231. The van der Waals surface area contributed by atoms with Gasteiger partial charge in [-0.05, 0) is 18.6 Å². The Hall–Kier alpha value is -2.14. The molecule has 2 rings (SSSR count). The molecule has 2 aromatic rings. The van der Waals surface area contributed by atoms with Crippen molar-refractivity contribution in [2.45, 2.75) is 6.92 Å². The first-order valence-corrected chi connectivity index (χ1v) is 5.56. The highest BCUT2D eigenvalue weighted by molar-refractivity contribution is 5.92. The predicted molar refractivity (Wildman–Crippen MR) is 67.9 cm³/mol. The molecule has 0 fully saturated rings. The molecule has 1 aromatic heterocycles. The summed E-state index contributed by atoms with van der Waals surface area (Å²) >= 11 is 0. The van der Waals surface area contributed by atoms with Crippen LogP contribution >= 0.6 is 0 Å². The Kier molecular flexibility index (Phi) is 3.43.